The number of carbonyl (C=O) groups is 4. The van der Waals surface area contributed by atoms with Crippen molar-refractivity contribution in [1.82, 2.24) is 9.80 Å². The predicted octanol–water partition coefficient (Wildman–Crippen LogP) is 7.20. The highest BCUT2D eigenvalue weighted by atomic mass is 16.4. The number of aromatic carboxylic acids is 2. The average Bonchev–Trinajstić information content (AvgIpc) is 3.64. The number of carbonyl (C=O) groups excluding carboxylic acids is 2. The Hall–Kier alpha value is -5.50. The molecule has 2 saturated heterocycles. The van der Waals surface area contributed by atoms with Crippen LogP contribution in [0.5, 0.6) is 0 Å². The minimum atomic E-state index is -0.945. The van der Waals surface area contributed by atoms with E-state index in [0.29, 0.717) is 22.6 Å². The minimum absolute atomic E-state index is 0.283. The second-order valence-electron chi connectivity index (χ2n) is 11.4. The van der Waals surface area contributed by atoms with Crippen molar-refractivity contribution >= 4 is 45.3 Å². The fraction of sp³-hybridized carbons (Fsp3) is 0.211. The van der Waals surface area contributed by atoms with Gasteiger partial charge in [-0.15, -0.1) is 0 Å². The molecule has 2 N–H and O–H groups in total. The van der Waals surface area contributed by atoms with Crippen LogP contribution in [0.4, 0.5) is 0 Å². The number of carboxylic acid groups (broad SMARTS) is 2. The first-order valence-corrected chi connectivity index (χ1v) is 15.2. The van der Waals surface area contributed by atoms with Crippen LogP contribution in [0.3, 0.4) is 0 Å². The van der Waals surface area contributed by atoms with Crippen molar-refractivity contribution in [3.63, 3.8) is 0 Å². The number of amides is 2. The van der Waals surface area contributed by atoms with Crippen LogP contribution in [0.2, 0.25) is 0 Å². The van der Waals surface area contributed by atoms with Gasteiger partial charge in [0.1, 0.15) is 0 Å². The van der Waals surface area contributed by atoms with E-state index in [-0.39, 0.29) is 11.1 Å². The van der Waals surface area contributed by atoms with E-state index in [1.54, 1.807) is 21.9 Å². The van der Waals surface area contributed by atoms with Crippen LogP contribution in [0, 0.1) is 0 Å². The van der Waals surface area contributed by atoms with Crippen LogP contribution in [0.1, 0.15) is 46.4 Å². The van der Waals surface area contributed by atoms with Gasteiger partial charge in [-0.1, -0.05) is 84.9 Å². The van der Waals surface area contributed by atoms with E-state index >= 15 is 0 Å². The summed E-state index contributed by atoms with van der Waals surface area (Å²) in [7, 11) is 3.69. The van der Waals surface area contributed by atoms with Crippen LogP contribution in [0.15, 0.2) is 97.1 Å². The molecular formula is C38H36N2O6. The van der Waals surface area contributed by atoms with E-state index in [1.165, 1.54) is 0 Å². The van der Waals surface area contributed by atoms with Gasteiger partial charge in [-0.25, -0.2) is 9.59 Å². The van der Waals surface area contributed by atoms with Crippen molar-refractivity contribution in [1.29, 1.82) is 0 Å². The van der Waals surface area contributed by atoms with Gasteiger partial charge in [0.25, 0.3) is 0 Å². The summed E-state index contributed by atoms with van der Waals surface area (Å²) >= 11 is 0. The number of hydrogen-bond donors (Lipinski definition) is 2. The molecular weight excluding hydrogens is 580 g/mol. The Bertz CT molecular complexity index is 1790. The molecule has 2 fully saturated rings. The first-order chi connectivity index (χ1) is 22.2. The van der Waals surface area contributed by atoms with Gasteiger partial charge in [0.2, 0.25) is 11.8 Å². The summed E-state index contributed by atoms with van der Waals surface area (Å²) in [6.07, 6.45) is 3.62. The Labute approximate surface area is 267 Å². The third kappa shape index (κ3) is 6.91. The lowest BCUT2D eigenvalue weighted by Crippen LogP contribution is -2.17. The molecule has 5 aromatic carbocycles. The highest BCUT2D eigenvalue weighted by Gasteiger charge is 2.16. The molecule has 7 rings (SSSR count). The molecule has 0 aromatic heterocycles. The summed E-state index contributed by atoms with van der Waals surface area (Å²) < 4.78 is 0. The van der Waals surface area contributed by atoms with E-state index < -0.39 is 11.9 Å². The second kappa shape index (κ2) is 14.1. The molecule has 0 spiro atoms. The van der Waals surface area contributed by atoms with Crippen molar-refractivity contribution < 1.29 is 29.4 Å². The number of carboxylic acids is 2. The molecule has 8 nitrogen and oxygen atoms in total. The van der Waals surface area contributed by atoms with E-state index in [0.717, 1.165) is 71.8 Å². The number of likely N-dealkylation sites (tertiary alicyclic amines) is 2. The Balaban J connectivity index is 0.000000244. The molecule has 2 heterocycles. The van der Waals surface area contributed by atoms with Crippen LogP contribution < -0.4 is 0 Å². The maximum Gasteiger partial charge on any atom is 0.336 e. The summed E-state index contributed by atoms with van der Waals surface area (Å²) in [5, 5.41) is 22.2. The Morgan fingerprint density at radius 3 is 1.13 bits per heavy atom. The molecule has 234 valence electrons. The third-order valence-electron chi connectivity index (χ3n) is 8.44. The van der Waals surface area contributed by atoms with Gasteiger partial charge in [0, 0.05) is 40.0 Å². The molecule has 0 radical (unpaired) electrons. The largest absolute Gasteiger partial charge is 0.478 e. The first-order valence-electron chi connectivity index (χ1n) is 15.2. The molecule has 0 atom stereocenters. The van der Waals surface area contributed by atoms with Crippen LogP contribution in [-0.2, 0) is 9.59 Å². The summed E-state index contributed by atoms with van der Waals surface area (Å²) in [5.41, 5.74) is 4.45. The number of nitrogens with zero attached hydrogens (tertiary/aromatic N) is 2. The molecule has 0 unspecified atom stereocenters. The topological polar surface area (TPSA) is 115 Å². The van der Waals surface area contributed by atoms with Crippen molar-refractivity contribution in [3.8, 4) is 22.3 Å². The molecule has 0 bridgehead atoms. The SMILES string of the molecule is CN1CCCC1=O.CN1CCCC1=O.O=C(O)c1ccc(-c2ccc(-c3ccc(C(=O)O)c4ccccc34)cc2)c2ccccc12. The van der Waals surface area contributed by atoms with Crippen LogP contribution in [-0.4, -0.2) is 71.0 Å². The quantitative estimate of drug-likeness (QED) is 0.221. The van der Waals surface area contributed by atoms with Crippen molar-refractivity contribution in [2.75, 3.05) is 27.2 Å². The maximum absolute atomic E-state index is 11.6. The van der Waals surface area contributed by atoms with Gasteiger partial charge >= 0.3 is 11.9 Å². The zero-order chi connectivity index (χ0) is 32.8. The van der Waals surface area contributed by atoms with E-state index in [2.05, 4.69) is 0 Å². The van der Waals surface area contributed by atoms with E-state index in [9.17, 15) is 29.4 Å². The molecule has 0 saturated carbocycles. The predicted molar refractivity (Wildman–Crippen MR) is 180 cm³/mol. The monoisotopic (exact) mass is 616 g/mol. The molecule has 8 heteroatoms. The lowest BCUT2D eigenvalue weighted by Gasteiger charge is -2.12. The molecule has 2 aliphatic rings. The zero-order valence-electron chi connectivity index (χ0n) is 25.9. The summed E-state index contributed by atoms with van der Waals surface area (Å²) in [6, 6.07) is 30.0. The van der Waals surface area contributed by atoms with Gasteiger partial charge in [-0.2, -0.15) is 0 Å². The van der Waals surface area contributed by atoms with Crippen molar-refractivity contribution in [3.05, 3.63) is 108 Å². The average molecular weight is 617 g/mol. The Morgan fingerprint density at radius 1 is 0.522 bits per heavy atom. The third-order valence-corrected chi connectivity index (χ3v) is 8.44. The number of benzene rings is 5. The normalized spacial score (nSPS) is 14.1. The fourth-order valence-electron chi connectivity index (χ4n) is 5.87. The highest BCUT2D eigenvalue weighted by molar-refractivity contribution is 6.10. The molecule has 0 aliphatic carbocycles. The maximum atomic E-state index is 11.6. The Morgan fingerprint density at radius 2 is 0.870 bits per heavy atom. The smallest absolute Gasteiger partial charge is 0.336 e. The van der Waals surface area contributed by atoms with Gasteiger partial charge in [-0.05, 0) is 68.8 Å². The molecule has 5 aromatic rings. The first kappa shape index (κ1) is 31.9. The van der Waals surface area contributed by atoms with Crippen LogP contribution >= 0.6 is 0 Å². The molecule has 2 aliphatic heterocycles. The number of rotatable bonds is 4. The Kier molecular flexibility index (Phi) is 9.76. The van der Waals surface area contributed by atoms with Crippen molar-refractivity contribution in [2.24, 2.45) is 0 Å². The minimum Gasteiger partial charge on any atom is -0.478 e. The van der Waals surface area contributed by atoms with Gasteiger partial charge < -0.3 is 20.0 Å². The standard InChI is InChI=1S/C28H18O4.2C5H9NO/c29-27(30)25-15-13-19(21-5-1-3-7-23(21)25)17-9-11-18(12-10-17)20-14-16-26(28(31)32)24-8-4-2-6-22(20)24;2*1-6-4-2-3-5(6)7/h1-16H,(H,29,30)(H,31,32);2*2-4H2,1H3. The lowest BCUT2D eigenvalue weighted by atomic mass is 9.92. The summed E-state index contributed by atoms with van der Waals surface area (Å²) in [5.74, 6) is -1.31. The van der Waals surface area contributed by atoms with Crippen LogP contribution in [0.25, 0.3) is 43.8 Å². The van der Waals surface area contributed by atoms with E-state index in [4.69, 9.17) is 0 Å². The van der Waals surface area contributed by atoms with Gasteiger partial charge in [0.15, 0.2) is 0 Å². The number of fused-ring (bicyclic) bond motifs is 2. The summed E-state index contributed by atoms with van der Waals surface area (Å²) in [6.45, 7) is 1.91. The number of hydrogen-bond acceptors (Lipinski definition) is 4. The van der Waals surface area contributed by atoms with E-state index in [1.807, 2.05) is 99.0 Å². The second-order valence-corrected chi connectivity index (χ2v) is 11.4. The zero-order valence-corrected chi connectivity index (χ0v) is 25.9. The highest BCUT2D eigenvalue weighted by Crippen LogP contribution is 2.35. The summed E-state index contributed by atoms with van der Waals surface area (Å²) in [4.78, 5) is 47.7. The van der Waals surface area contributed by atoms with Gasteiger partial charge in [-0.3, -0.25) is 9.59 Å². The fourth-order valence-corrected chi connectivity index (χ4v) is 5.87. The lowest BCUT2D eigenvalue weighted by molar-refractivity contribution is -0.127. The molecule has 46 heavy (non-hydrogen) atoms. The van der Waals surface area contributed by atoms with Crippen molar-refractivity contribution in [2.45, 2.75) is 25.7 Å². The molecule has 2 amide bonds. The van der Waals surface area contributed by atoms with Gasteiger partial charge in [0.05, 0.1) is 11.1 Å².